The molecule has 8 heteroatoms. The zero-order chi connectivity index (χ0) is 18.7. The van der Waals surface area contributed by atoms with Gasteiger partial charge >= 0.3 is 5.97 Å². The number of amides is 1. The van der Waals surface area contributed by atoms with Crippen LogP contribution in [0.2, 0.25) is 0 Å². The minimum absolute atomic E-state index is 0.202. The number of nitrogens with zero attached hydrogens (tertiary/aromatic N) is 3. The molecule has 0 saturated heterocycles. The maximum absolute atomic E-state index is 12.7. The van der Waals surface area contributed by atoms with Crippen molar-refractivity contribution in [1.82, 2.24) is 19.9 Å². The summed E-state index contributed by atoms with van der Waals surface area (Å²) in [5.74, 6) is -0.827. The molecule has 26 heavy (non-hydrogen) atoms. The molecule has 1 aromatic carbocycles. The summed E-state index contributed by atoms with van der Waals surface area (Å²) in [5.41, 5.74) is 1.56. The molecule has 2 heterocycles. The molecule has 1 unspecified atom stereocenters. The number of pyridine rings is 1. The van der Waals surface area contributed by atoms with Gasteiger partial charge in [0, 0.05) is 22.6 Å². The van der Waals surface area contributed by atoms with Gasteiger partial charge in [-0.3, -0.25) is 9.20 Å². The molecule has 1 amide bonds. The Morgan fingerprint density at radius 3 is 2.62 bits per heavy atom. The summed E-state index contributed by atoms with van der Waals surface area (Å²) < 4.78 is 2.80. The minimum atomic E-state index is -1.08. The highest BCUT2D eigenvalue weighted by atomic mass is 127. The predicted molar refractivity (Wildman–Crippen MR) is 104 cm³/mol. The van der Waals surface area contributed by atoms with E-state index in [2.05, 4.69) is 38.1 Å². The molecule has 2 N–H and O–H groups in total. The highest BCUT2D eigenvalue weighted by molar-refractivity contribution is 14.1. The van der Waals surface area contributed by atoms with Crippen molar-refractivity contribution in [2.24, 2.45) is 0 Å². The number of fused-ring (bicyclic) bond motifs is 1. The van der Waals surface area contributed by atoms with Crippen LogP contribution in [0.4, 0.5) is 0 Å². The molecule has 0 radical (unpaired) electrons. The average Bonchev–Trinajstić information content (AvgIpc) is 3.05. The first-order valence-electron chi connectivity index (χ1n) is 8.10. The lowest BCUT2D eigenvalue weighted by atomic mass is 10.1. The molecule has 0 saturated carbocycles. The molecule has 0 bridgehead atoms. The van der Waals surface area contributed by atoms with E-state index in [0.29, 0.717) is 17.6 Å². The van der Waals surface area contributed by atoms with Gasteiger partial charge in [-0.1, -0.05) is 19.1 Å². The van der Waals surface area contributed by atoms with Gasteiger partial charge in [0.15, 0.2) is 5.65 Å². The van der Waals surface area contributed by atoms with E-state index in [1.165, 1.54) is 0 Å². The lowest BCUT2D eigenvalue weighted by Crippen LogP contribution is -2.42. The molecule has 0 fully saturated rings. The number of aliphatic carboxylic acids is 1. The highest BCUT2D eigenvalue weighted by Gasteiger charge is 2.23. The number of carboxylic acid groups (broad SMARTS) is 1. The summed E-state index contributed by atoms with van der Waals surface area (Å²) in [6.07, 6.45) is 2.66. The highest BCUT2D eigenvalue weighted by Crippen LogP contribution is 2.13. The minimum Gasteiger partial charge on any atom is -0.480 e. The van der Waals surface area contributed by atoms with Crippen LogP contribution in [0.5, 0.6) is 0 Å². The number of benzene rings is 1. The van der Waals surface area contributed by atoms with E-state index in [1.54, 1.807) is 22.7 Å². The summed E-state index contributed by atoms with van der Waals surface area (Å²) >= 11 is 2.18. The van der Waals surface area contributed by atoms with Gasteiger partial charge in [0.05, 0.1) is 5.56 Å². The molecule has 0 aliphatic rings. The third kappa shape index (κ3) is 3.85. The number of carbonyl (C=O) groups is 2. The topological polar surface area (TPSA) is 96.6 Å². The monoisotopic (exact) mass is 464 g/mol. The molecule has 7 nitrogen and oxygen atoms in total. The van der Waals surface area contributed by atoms with Gasteiger partial charge in [0.2, 0.25) is 0 Å². The second-order valence-electron chi connectivity index (χ2n) is 5.78. The molecule has 0 spiro atoms. The van der Waals surface area contributed by atoms with Crippen LogP contribution in [0.1, 0.15) is 28.7 Å². The van der Waals surface area contributed by atoms with Crippen LogP contribution in [0.25, 0.3) is 5.65 Å². The molecular weight excluding hydrogens is 447 g/mol. The van der Waals surface area contributed by atoms with Crippen molar-refractivity contribution in [2.75, 3.05) is 0 Å². The van der Waals surface area contributed by atoms with E-state index < -0.39 is 17.9 Å². The van der Waals surface area contributed by atoms with Crippen molar-refractivity contribution in [3.8, 4) is 0 Å². The van der Waals surface area contributed by atoms with Gasteiger partial charge in [-0.15, -0.1) is 10.2 Å². The van der Waals surface area contributed by atoms with Crippen molar-refractivity contribution in [3.05, 3.63) is 63.1 Å². The van der Waals surface area contributed by atoms with Gasteiger partial charge in [-0.2, -0.15) is 0 Å². The summed E-state index contributed by atoms with van der Waals surface area (Å²) in [5, 5.41) is 20.2. The summed E-state index contributed by atoms with van der Waals surface area (Å²) in [4.78, 5) is 24.3. The average molecular weight is 464 g/mol. The number of aromatic nitrogens is 3. The number of aryl methyl sites for hydroxylation is 1. The zero-order valence-corrected chi connectivity index (χ0v) is 16.2. The van der Waals surface area contributed by atoms with Crippen LogP contribution in [0, 0.1) is 3.57 Å². The fourth-order valence-electron chi connectivity index (χ4n) is 2.67. The van der Waals surface area contributed by atoms with Crippen LogP contribution < -0.4 is 5.32 Å². The van der Waals surface area contributed by atoms with Gasteiger partial charge in [0.25, 0.3) is 5.91 Å². The zero-order valence-electron chi connectivity index (χ0n) is 14.0. The maximum atomic E-state index is 12.7. The van der Waals surface area contributed by atoms with Gasteiger partial charge < -0.3 is 10.4 Å². The standard InChI is InChI=1S/C18H17IN4O3/c1-2-15-21-22-16-13(4-3-9-23(15)16)17(24)20-14(18(25)26)10-11-5-7-12(19)8-6-11/h3-9,14H,2,10H2,1H3,(H,20,24)(H,25,26). The molecule has 1 atom stereocenters. The van der Waals surface area contributed by atoms with E-state index in [4.69, 9.17) is 0 Å². The van der Waals surface area contributed by atoms with Crippen LogP contribution >= 0.6 is 22.6 Å². The van der Waals surface area contributed by atoms with Crippen molar-refractivity contribution in [2.45, 2.75) is 25.8 Å². The molecule has 0 aliphatic carbocycles. The largest absolute Gasteiger partial charge is 0.480 e. The Hall–Kier alpha value is -2.49. The van der Waals surface area contributed by atoms with Crippen LogP contribution in [-0.4, -0.2) is 37.6 Å². The summed E-state index contributed by atoms with van der Waals surface area (Å²) in [7, 11) is 0. The summed E-state index contributed by atoms with van der Waals surface area (Å²) in [6.45, 7) is 1.95. The van der Waals surface area contributed by atoms with Gasteiger partial charge in [0.1, 0.15) is 11.9 Å². The Morgan fingerprint density at radius 2 is 1.96 bits per heavy atom. The normalized spacial score (nSPS) is 12.1. The van der Waals surface area contributed by atoms with E-state index in [9.17, 15) is 14.7 Å². The summed E-state index contributed by atoms with van der Waals surface area (Å²) in [6, 6.07) is 9.82. The van der Waals surface area contributed by atoms with Crippen LogP contribution in [-0.2, 0) is 17.6 Å². The Balaban J connectivity index is 1.83. The predicted octanol–water partition coefficient (Wildman–Crippen LogP) is 2.32. The van der Waals surface area contributed by atoms with Crippen molar-refractivity contribution < 1.29 is 14.7 Å². The molecule has 134 valence electrons. The molecule has 3 rings (SSSR count). The van der Waals surface area contributed by atoms with E-state index in [-0.39, 0.29) is 6.42 Å². The quantitative estimate of drug-likeness (QED) is 0.546. The SMILES string of the molecule is CCc1nnc2c(C(=O)NC(Cc3ccc(I)cc3)C(=O)O)cccn12. The first-order valence-corrected chi connectivity index (χ1v) is 9.18. The number of nitrogens with one attached hydrogen (secondary N) is 1. The maximum Gasteiger partial charge on any atom is 0.326 e. The second kappa shape index (κ2) is 7.81. The van der Waals surface area contributed by atoms with Crippen LogP contribution in [0.15, 0.2) is 42.6 Å². The first-order chi connectivity index (χ1) is 12.5. The fourth-order valence-corrected chi connectivity index (χ4v) is 3.03. The van der Waals surface area contributed by atoms with Crippen LogP contribution in [0.3, 0.4) is 0 Å². The van der Waals surface area contributed by atoms with E-state index in [1.807, 2.05) is 31.2 Å². The molecule has 2 aromatic heterocycles. The molecule has 0 aliphatic heterocycles. The number of halogens is 1. The number of hydrogen-bond acceptors (Lipinski definition) is 4. The van der Waals surface area contributed by atoms with Gasteiger partial charge in [-0.25, -0.2) is 4.79 Å². The van der Waals surface area contributed by atoms with E-state index in [0.717, 1.165) is 15.0 Å². The molecular formula is C18H17IN4O3. The van der Waals surface area contributed by atoms with Crippen molar-refractivity contribution in [1.29, 1.82) is 0 Å². The number of carbonyl (C=O) groups excluding carboxylic acids is 1. The third-order valence-electron chi connectivity index (χ3n) is 4.02. The second-order valence-corrected chi connectivity index (χ2v) is 7.03. The fraction of sp³-hybridized carbons (Fsp3) is 0.222. The Bertz CT molecular complexity index is 953. The Labute approximate surface area is 163 Å². The smallest absolute Gasteiger partial charge is 0.326 e. The third-order valence-corrected chi connectivity index (χ3v) is 4.74. The number of hydrogen-bond donors (Lipinski definition) is 2. The number of rotatable bonds is 6. The van der Waals surface area contributed by atoms with E-state index >= 15 is 0 Å². The number of carboxylic acids is 1. The first kappa shape index (κ1) is 18.3. The lowest BCUT2D eigenvalue weighted by molar-refractivity contribution is -0.139. The van der Waals surface area contributed by atoms with Crippen molar-refractivity contribution in [3.63, 3.8) is 0 Å². The Morgan fingerprint density at radius 1 is 1.23 bits per heavy atom. The lowest BCUT2D eigenvalue weighted by Gasteiger charge is -2.15. The van der Waals surface area contributed by atoms with Gasteiger partial charge in [-0.05, 0) is 52.4 Å². The molecule has 3 aromatic rings. The Kier molecular flexibility index (Phi) is 5.50. The van der Waals surface area contributed by atoms with Crippen molar-refractivity contribution >= 4 is 40.1 Å².